The number of carbonyl (C=O) groups is 2. The fourth-order valence-electron chi connectivity index (χ4n) is 3.22. The summed E-state index contributed by atoms with van der Waals surface area (Å²) in [7, 11) is 1.63. The molecular weight excluding hydrogens is 304 g/mol. The zero-order valence-electron chi connectivity index (χ0n) is 15.0. The molecule has 24 heavy (non-hydrogen) atoms. The Hall–Kier alpha value is -2.04. The summed E-state index contributed by atoms with van der Waals surface area (Å²) in [5, 5.41) is 2.96. The predicted octanol–water partition coefficient (Wildman–Crippen LogP) is 2.91. The first kappa shape index (κ1) is 18.3. The molecule has 0 aliphatic carbocycles. The average molecular weight is 332 g/mol. The van der Waals surface area contributed by atoms with E-state index in [4.69, 9.17) is 4.74 Å². The van der Waals surface area contributed by atoms with Crippen molar-refractivity contribution in [2.75, 3.05) is 13.7 Å². The minimum atomic E-state index is -0.342. The van der Waals surface area contributed by atoms with E-state index < -0.39 is 0 Å². The molecule has 1 aliphatic rings. The molecule has 0 saturated carbocycles. The Bertz CT molecular complexity index is 568. The highest BCUT2D eigenvalue weighted by Gasteiger charge is 2.44. The topological polar surface area (TPSA) is 58.6 Å². The van der Waals surface area contributed by atoms with E-state index in [0.717, 1.165) is 24.2 Å². The van der Waals surface area contributed by atoms with Crippen LogP contribution in [-0.2, 0) is 9.59 Å². The number of amides is 2. The number of nitrogens with zero attached hydrogens (tertiary/aromatic N) is 1. The van der Waals surface area contributed by atoms with Crippen LogP contribution >= 0.6 is 0 Å². The van der Waals surface area contributed by atoms with Crippen LogP contribution in [0.25, 0.3) is 0 Å². The Labute approximate surface area is 144 Å². The Morgan fingerprint density at radius 2 is 2.00 bits per heavy atom. The van der Waals surface area contributed by atoms with Gasteiger partial charge in [0.2, 0.25) is 11.8 Å². The number of carbonyl (C=O) groups excluding carboxylic acids is 2. The predicted molar refractivity (Wildman–Crippen MR) is 93.7 cm³/mol. The fourth-order valence-corrected chi connectivity index (χ4v) is 3.22. The van der Waals surface area contributed by atoms with Gasteiger partial charge in [-0.05, 0) is 38.0 Å². The Morgan fingerprint density at radius 1 is 1.33 bits per heavy atom. The minimum Gasteiger partial charge on any atom is -0.497 e. The zero-order valence-corrected chi connectivity index (χ0v) is 15.0. The number of nitrogens with one attached hydrogen (secondary N) is 1. The summed E-state index contributed by atoms with van der Waals surface area (Å²) in [6.45, 7) is 6.67. The molecule has 1 saturated heterocycles. The molecule has 5 nitrogen and oxygen atoms in total. The first-order chi connectivity index (χ1) is 11.5. The van der Waals surface area contributed by atoms with Gasteiger partial charge < -0.3 is 15.0 Å². The molecule has 0 aromatic heterocycles. The zero-order chi connectivity index (χ0) is 17.7. The molecule has 2 amide bonds. The van der Waals surface area contributed by atoms with Crippen LogP contribution in [0, 0.1) is 5.92 Å². The normalized spacial score (nSPS) is 20.5. The number of likely N-dealkylation sites (tertiary alicyclic amines) is 1. The summed E-state index contributed by atoms with van der Waals surface area (Å²) in [6, 6.07) is 7.54. The maximum atomic E-state index is 12.6. The van der Waals surface area contributed by atoms with E-state index in [0.29, 0.717) is 6.54 Å². The van der Waals surface area contributed by atoms with Gasteiger partial charge in [0, 0.05) is 19.0 Å². The van der Waals surface area contributed by atoms with Gasteiger partial charge in [-0.25, -0.2) is 0 Å². The van der Waals surface area contributed by atoms with Crippen molar-refractivity contribution in [1.29, 1.82) is 0 Å². The van der Waals surface area contributed by atoms with E-state index in [1.165, 1.54) is 0 Å². The van der Waals surface area contributed by atoms with E-state index in [1.54, 1.807) is 7.11 Å². The Kier molecular flexibility index (Phi) is 6.23. The summed E-state index contributed by atoms with van der Waals surface area (Å²) in [6.07, 6.45) is 2.23. The largest absolute Gasteiger partial charge is 0.497 e. The molecule has 0 unspecified atom stereocenters. The lowest BCUT2D eigenvalue weighted by molar-refractivity contribution is -0.129. The van der Waals surface area contributed by atoms with Crippen molar-refractivity contribution in [3.8, 4) is 5.75 Å². The summed E-state index contributed by atoms with van der Waals surface area (Å²) < 4.78 is 5.21. The number of rotatable bonds is 7. The third-order valence-corrected chi connectivity index (χ3v) is 4.41. The van der Waals surface area contributed by atoms with Gasteiger partial charge >= 0.3 is 0 Å². The summed E-state index contributed by atoms with van der Waals surface area (Å²) in [5.74, 6) is 0.447. The second kappa shape index (κ2) is 8.18. The molecule has 0 bridgehead atoms. The minimum absolute atomic E-state index is 0.0434. The lowest BCUT2D eigenvalue weighted by atomic mass is 9.92. The molecule has 2 rings (SSSR count). The third kappa shape index (κ3) is 4.08. The summed E-state index contributed by atoms with van der Waals surface area (Å²) in [4.78, 5) is 27.0. The molecule has 132 valence electrons. The molecule has 5 heteroatoms. The third-order valence-electron chi connectivity index (χ3n) is 4.41. The molecule has 0 radical (unpaired) electrons. The van der Waals surface area contributed by atoms with Gasteiger partial charge in [0.25, 0.3) is 0 Å². The standard InChI is InChI=1S/C19H28N2O3/c1-5-6-11-21-17(22)12-16(19(23)20-13(2)3)18(21)14-7-9-15(24-4)10-8-14/h7-10,13,16,18H,5-6,11-12H2,1-4H3,(H,20,23)/t16-,18+/m0/s1. The summed E-state index contributed by atoms with van der Waals surface area (Å²) in [5.41, 5.74) is 0.988. The fraction of sp³-hybridized carbons (Fsp3) is 0.579. The van der Waals surface area contributed by atoms with Gasteiger partial charge in [0.1, 0.15) is 5.75 Å². The van der Waals surface area contributed by atoms with Gasteiger partial charge in [0.05, 0.1) is 19.1 Å². The Balaban J connectivity index is 2.31. The van der Waals surface area contributed by atoms with Crippen molar-refractivity contribution < 1.29 is 14.3 Å². The summed E-state index contributed by atoms with van der Waals surface area (Å²) >= 11 is 0. The van der Waals surface area contributed by atoms with E-state index in [1.807, 2.05) is 43.0 Å². The number of ether oxygens (including phenoxy) is 1. The maximum absolute atomic E-state index is 12.6. The van der Waals surface area contributed by atoms with Gasteiger partial charge in [-0.2, -0.15) is 0 Å². The van der Waals surface area contributed by atoms with Gasteiger partial charge in [0.15, 0.2) is 0 Å². The van der Waals surface area contributed by atoms with Gasteiger partial charge in [-0.1, -0.05) is 25.5 Å². The number of benzene rings is 1. The number of hydrogen-bond acceptors (Lipinski definition) is 3. The molecule has 1 fully saturated rings. The Morgan fingerprint density at radius 3 is 2.54 bits per heavy atom. The SMILES string of the molecule is CCCCN1C(=O)C[C@H](C(=O)NC(C)C)[C@H]1c1ccc(OC)cc1. The monoisotopic (exact) mass is 332 g/mol. The molecule has 2 atom stereocenters. The number of methoxy groups -OCH3 is 1. The van der Waals surface area contributed by atoms with Crippen LogP contribution in [0.3, 0.4) is 0 Å². The molecule has 1 aromatic carbocycles. The van der Waals surface area contributed by atoms with Crippen molar-refractivity contribution in [3.05, 3.63) is 29.8 Å². The molecule has 0 spiro atoms. The molecule has 1 N–H and O–H groups in total. The smallest absolute Gasteiger partial charge is 0.226 e. The highest BCUT2D eigenvalue weighted by molar-refractivity contribution is 5.90. The van der Waals surface area contributed by atoms with Gasteiger partial charge in [-0.3, -0.25) is 9.59 Å². The van der Waals surface area contributed by atoms with Crippen LogP contribution in [0.5, 0.6) is 5.75 Å². The second-order valence-electron chi connectivity index (χ2n) is 6.63. The molecule has 1 aliphatic heterocycles. The highest BCUT2D eigenvalue weighted by Crippen LogP contribution is 2.39. The lowest BCUT2D eigenvalue weighted by Crippen LogP contribution is -2.38. The molecule has 1 heterocycles. The van der Waals surface area contributed by atoms with E-state index in [2.05, 4.69) is 12.2 Å². The van der Waals surface area contributed by atoms with Crippen LogP contribution in [0.4, 0.5) is 0 Å². The first-order valence-corrected chi connectivity index (χ1v) is 8.71. The van der Waals surface area contributed by atoms with Crippen LogP contribution in [-0.4, -0.2) is 36.4 Å². The van der Waals surface area contributed by atoms with Crippen molar-refractivity contribution in [3.63, 3.8) is 0 Å². The highest BCUT2D eigenvalue weighted by atomic mass is 16.5. The lowest BCUT2D eigenvalue weighted by Gasteiger charge is -2.28. The average Bonchev–Trinajstić information content (AvgIpc) is 2.89. The quantitative estimate of drug-likeness (QED) is 0.835. The van der Waals surface area contributed by atoms with Crippen LogP contribution in [0.2, 0.25) is 0 Å². The molecule has 1 aromatic rings. The number of unbranched alkanes of at least 4 members (excludes halogenated alkanes) is 1. The van der Waals surface area contributed by atoms with Crippen LogP contribution < -0.4 is 10.1 Å². The van der Waals surface area contributed by atoms with Crippen molar-refractivity contribution in [2.24, 2.45) is 5.92 Å². The van der Waals surface area contributed by atoms with Crippen molar-refractivity contribution >= 4 is 11.8 Å². The van der Waals surface area contributed by atoms with Crippen LogP contribution in [0.1, 0.15) is 51.6 Å². The molecular formula is C19H28N2O3. The maximum Gasteiger partial charge on any atom is 0.226 e. The van der Waals surface area contributed by atoms with Gasteiger partial charge in [-0.15, -0.1) is 0 Å². The van der Waals surface area contributed by atoms with E-state index in [9.17, 15) is 9.59 Å². The second-order valence-corrected chi connectivity index (χ2v) is 6.63. The van der Waals surface area contributed by atoms with Crippen molar-refractivity contribution in [2.45, 2.75) is 52.1 Å². The number of hydrogen-bond donors (Lipinski definition) is 1. The van der Waals surface area contributed by atoms with Crippen LogP contribution in [0.15, 0.2) is 24.3 Å². The van der Waals surface area contributed by atoms with Crippen molar-refractivity contribution in [1.82, 2.24) is 10.2 Å². The first-order valence-electron chi connectivity index (χ1n) is 8.71. The van der Waals surface area contributed by atoms with E-state index in [-0.39, 0.29) is 36.2 Å². The van der Waals surface area contributed by atoms with E-state index >= 15 is 0 Å².